The van der Waals surface area contributed by atoms with Gasteiger partial charge in [0.1, 0.15) is 0 Å². The molecule has 118 valence electrons. The number of likely N-dealkylation sites (tertiary alicyclic amines) is 1. The van der Waals surface area contributed by atoms with Crippen LogP contribution in [0.5, 0.6) is 0 Å². The van der Waals surface area contributed by atoms with E-state index in [9.17, 15) is 5.11 Å². The van der Waals surface area contributed by atoms with Crippen LogP contribution < -0.4 is 5.32 Å². The van der Waals surface area contributed by atoms with Crippen LogP contribution >= 0.6 is 24.0 Å². The van der Waals surface area contributed by atoms with Crippen LogP contribution in [-0.4, -0.2) is 48.2 Å². The van der Waals surface area contributed by atoms with E-state index in [-0.39, 0.29) is 30.1 Å². The molecule has 2 aliphatic rings. The van der Waals surface area contributed by atoms with Crippen molar-refractivity contribution in [2.45, 2.75) is 52.1 Å². The van der Waals surface area contributed by atoms with Gasteiger partial charge in [-0.25, -0.2) is 0 Å². The van der Waals surface area contributed by atoms with Gasteiger partial charge in [0.05, 0.1) is 6.10 Å². The maximum absolute atomic E-state index is 9.64. The predicted octanol–water partition coefficient (Wildman–Crippen LogP) is 2.46. The first-order valence-electron chi connectivity index (χ1n) is 7.90. The van der Waals surface area contributed by atoms with E-state index in [1.165, 1.54) is 25.7 Å². The van der Waals surface area contributed by atoms with Crippen molar-refractivity contribution in [3.05, 3.63) is 0 Å². The minimum Gasteiger partial charge on any atom is -0.391 e. The van der Waals surface area contributed by atoms with Crippen LogP contribution in [0.3, 0.4) is 0 Å². The van der Waals surface area contributed by atoms with Gasteiger partial charge in [-0.1, -0.05) is 19.8 Å². The summed E-state index contributed by atoms with van der Waals surface area (Å²) in [4.78, 5) is 6.99. The number of β-amino-alcohol motifs (C(OH)–C–C–N with tert-alkyl or cyclic N) is 1. The summed E-state index contributed by atoms with van der Waals surface area (Å²) in [5, 5.41) is 13.0. The molecule has 0 radical (unpaired) electrons. The van der Waals surface area contributed by atoms with E-state index in [1.807, 2.05) is 0 Å². The second-order valence-electron chi connectivity index (χ2n) is 6.21. The van der Waals surface area contributed by atoms with Crippen LogP contribution in [0, 0.1) is 11.8 Å². The Hall–Kier alpha value is -0.0400. The molecule has 1 saturated heterocycles. The number of halogens is 1. The average molecular weight is 395 g/mol. The highest BCUT2D eigenvalue weighted by molar-refractivity contribution is 14.0. The summed E-state index contributed by atoms with van der Waals surface area (Å²) in [6, 6.07) is 0. The third kappa shape index (κ3) is 5.39. The first-order valence-corrected chi connectivity index (χ1v) is 7.90. The quantitative estimate of drug-likeness (QED) is 0.439. The summed E-state index contributed by atoms with van der Waals surface area (Å²) >= 11 is 0. The van der Waals surface area contributed by atoms with Crippen LogP contribution in [0.25, 0.3) is 0 Å². The molecule has 0 aromatic heterocycles. The predicted molar refractivity (Wildman–Crippen MR) is 94.7 cm³/mol. The maximum atomic E-state index is 9.64. The van der Waals surface area contributed by atoms with E-state index in [1.54, 1.807) is 0 Å². The molecule has 0 aromatic rings. The van der Waals surface area contributed by atoms with Crippen LogP contribution in [-0.2, 0) is 0 Å². The van der Waals surface area contributed by atoms with E-state index in [4.69, 9.17) is 4.99 Å². The molecule has 2 rings (SSSR count). The molecule has 1 heterocycles. The highest BCUT2D eigenvalue weighted by Gasteiger charge is 2.23. The van der Waals surface area contributed by atoms with Gasteiger partial charge in [0.15, 0.2) is 5.96 Å². The summed E-state index contributed by atoms with van der Waals surface area (Å²) in [6.45, 7) is 7.95. The van der Waals surface area contributed by atoms with Gasteiger partial charge in [0.25, 0.3) is 0 Å². The summed E-state index contributed by atoms with van der Waals surface area (Å²) in [5.74, 6) is 2.66. The Bertz CT molecular complexity index is 303. The zero-order valence-corrected chi connectivity index (χ0v) is 15.2. The van der Waals surface area contributed by atoms with E-state index in [2.05, 4.69) is 24.1 Å². The Morgan fingerprint density at radius 3 is 2.50 bits per heavy atom. The van der Waals surface area contributed by atoms with Crippen molar-refractivity contribution in [2.75, 3.05) is 26.2 Å². The molecule has 5 heteroatoms. The molecular weight excluding hydrogens is 365 g/mol. The third-order valence-electron chi connectivity index (χ3n) is 4.43. The van der Waals surface area contributed by atoms with Gasteiger partial charge in [0, 0.05) is 26.2 Å². The minimum atomic E-state index is -0.181. The lowest BCUT2D eigenvalue weighted by Crippen LogP contribution is -2.40. The van der Waals surface area contributed by atoms with Crippen LogP contribution in [0.15, 0.2) is 4.99 Å². The summed E-state index contributed by atoms with van der Waals surface area (Å²) in [5.41, 5.74) is 0. The monoisotopic (exact) mass is 395 g/mol. The topological polar surface area (TPSA) is 47.9 Å². The molecule has 1 aliphatic carbocycles. The van der Waals surface area contributed by atoms with E-state index in [0.29, 0.717) is 0 Å². The van der Waals surface area contributed by atoms with Gasteiger partial charge in [-0.05, 0) is 38.0 Å². The molecule has 1 atom stereocenters. The van der Waals surface area contributed by atoms with Crippen LogP contribution in [0.1, 0.15) is 46.0 Å². The highest BCUT2D eigenvalue weighted by Crippen LogP contribution is 2.28. The van der Waals surface area contributed by atoms with Gasteiger partial charge in [-0.3, -0.25) is 4.99 Å². The molecule has 0 unspecified atom stereocenters. The number of nitrogens with one attached hydrogen (secondary N) is 1. The molecule has 0 aromatic carbocycles. The zero-order chi connectivity index (χ0) is 13.7. The van der Waals surface area contributed by atoms with Crippen molar-refractivity contribution in [3.8, 4) is 0 Å². The molecule has 0 spiro atoms. The molecular formula is C15H30IN3O. The molecule has 2 N–H and O–H groups in total. The second-order valence-corrected chi connectivity index (χ2v) is 6.21. The Kier molecular flexibility index (Phi) is 8.17. The van der Waals surface area contributed by atoms with Crippen molar-refractivity contribution in [1.82, 2.24) is 10.2 Å². The standard InChI is InChI=1S/C15H29N3O.HI/c1-3-16-15(18-9-8-14(19)11-18)17-10-13-6-4-12(2)5-7-13;/h12-14,19H,3-11H2,1-2H3,(H,16,17);1H/t12?,13?,14-;/m1./s1. The lowest BCUT2D eigenvalue weighted by atomic mass is 9.83. The Morgan fingerprint density at radius 2 is 1.95 bits per heavy atom. The first kappa shape index (κ1) is 18.0. The number of hydrogen-bond acceptors (Lipinski definition) is 2. The number of nitrogens with zero attached hydrogens (tertiary/aromatic N) is 2. The number of rotatable bonds is 3. The smallest absolute Gasteiger partial charge is 0.194 e. The van der Waals surface area contributed by atoms with Crippen molar-refractivity contribution >= 4 is 29.9 Å². The lowest BCUT2D eigenvalue weighted by Gasteiger charge is -2.26. The van der Waals surface area contributed by atoms with E-state index < -0.39 is 0 Å². The first-order chi connectivity index (χ1) is 9.19. The third-order valence-corrected chi connectivity index (χ3v) is 4.43. The van der Waals surface area contributed by atoms with Crippen molar-refractivity contribution in [3.63, 3.8) is 0 Å². The van der Waals surface area contributed by atoms with Gasteiger partial charge in [-0.15, -0.1) is 24.0 Å². The molecule has 0 amide bonds. The fraction of sp³-hybridized carbons (Fsp3) is 0.933. The summed E-state index contributed by atoms with van der Waals surface area (Å²) in [7, 11) is 0. The summed E-state index contributed by atoms with van der Waals surface area (Å²) < 4.78 is 0. The molecule has 2 fully saturated rings. The highest BCUT2D eigenvalue weighted by atomic mass is 127. The van der Waals surface area contributed by atoms with Crippen molar-refractivity contribution in [2.24, 2.45) is 16.8 Å². The van der Waals surface area contributed by atoms with E-state index >= 15 is 0 Å². The number of aliphatic hydroxyl groups is 1. The fourth-order valence-electron chi connectivity index (χ4n) is 3.09. The Balaban J connectivity index is 0.00000200. The maximum Gasteiger partial charge on any atom is 0.194 e. The van der Waals surface area contributed by atoms with Gasteiger partial charge in [0.2, 0.25) is 0 Å². The molecule has 4 nitrogen and oxygen atoms in total. The summed E-state index contributed by atoms with van der Waals surface area (Å²) in [6.07, 6.45) is 6.06. The normalized spacial score (nSPS) is 31.1. The largest absolute Gasteiger partial charge is 0.391 e. The van der Waals surface area contributed by atoms with Gasteiger partial charge >= 0.3 is 0 Å². The van der Waals surface area contributed by atoms with Crippen LogP contribution in [0.2, 0.25) is 0 Å². The van der Waals surface area contributed by atoms with Gasteiger partial charge < -0.3 is 15.3 Å². The Morgan fingerprint density at radius 1 is 1.25 bits per heavy atom. The Labute approximate surface area is 140 Å². The molecule has 0 bridgehead atoms. The second kappa shape index (κ2) is 9.07. The molecule has 1 aliphatic heterocycles. The van der Waals surface area contributed by atoms with Gasteiger partial charge in [-0.2, -0.15) is 0 Å². The zero-order valence-electron chi connectivity index (χ0n) is 12.8. The van der Waals surface area contributed by atoms with Crippen LogP contribution in [0.4, 0.5) is 0 Å². The number of hydrogen-bond donors (Lipinski definition) is 2. The fourth-order valence-corrected chi connectivity index (χ4v) is 3.09. The minimum absolute atomic E-state index is 0. The number of aliphatic imine (C=N–C) groups is 1. The molecule has 1 saturated carbocycles. The number of guanidine groups is 1. The SMILES string of the molecule is CCNC(=NCC1CCC(C)CC1)N1CC[C@@H](O)C1.I. The van der Waals surface area contributed by atoms with Crippen molar-refractivity contribution in [1.29, 1.82) is 0 Å². The molecule has 20 heavy (non-hydrogen) atoms. The van der Waals surface area contributed by atoms with Crippen molar-refractivity contribution < 1.29 is 5.11 Å². The average Bonchev–Trinajstić information content (AvgIpc) is 2.83. The number of aliphatic hydroxyl groups excluding tert-OH is 1. The lowest BCUT2D eigenvalue weighted by molar-refractivity contribution is 0.187. The van der Waals surface area contributed by atoms with E-state index in [0.717, 1.165) is 50.4 Å².